The molecule has 32 heteroatoms. The van der Waals surface area contributed by atoms with E-state index in [1.165, 1.54) is 41.1 Å². The summed E-state index contributed by atoms with van der Waals surface area (Å²) in [4.78, 5) is 35.3. The first kappa shape index (κ1) is 74.9. The quantitative estimate of drug-likeness (QED) is 0.0420. The zero-order chi connectivity index (χ0) is 72.9. The molecule has 23 nitrogen and oxygen atoms in total. The van der Waals surface area contributed by atoms with E-state index in [4.69, 9.17) is 33.5 Å². The average molecular weight is 1420 g/mol. The number of hydrogen-bond acceptors (Lipinski definition) is 18. The van der Waals surface area contributed by atoms with E-state index in [2.05, 4.69) is 64.1 Å². The van der Waals surface area contributed by atoms with E-state index >= 15 is 0 Å². The Kier molecular flexibility index (Phi) is 23.7. The first-order valence-corrected chi connectivity index (χ1v) is 32.1. The number of aromatic amines is 1. The van der Waals surface area contributed by atoms with E-state index in [-0.39, 0.29) is 99.7 Å². The monoisotopic (exact) mass is 1420 g/mol. The van der Waals surface area contributed by atoms with Gasteiger partial charge in [-0.1, -0.05) is 102 Å². The van der Waals surface area contributed by atoms with Gasteiger partial charge in [0.2, 0.25) is 28.8 Å². The molecule has 8 aromatic rings. The number of carbonyl (C=O) groups is 3. The fraction of sp³-hybridized carbons (Fsp3) is 0.435. The number of carboxylic acid groups (broad SMARTS) is 2. The van der Waals surface area contributed by atoms with Crippen molar-refractivity contribution in [1.82, 2.24) is 45.4 Å². The van der Waals surface area contributed by atoms with Crippen LogP contribution in [0, 0.1) is 0 Å². The maximum Gasteiger partial charge on any atom is 0.573 e. The molecule has 0 atom stereocenters. The van der Waals surface area contributed by atoms with Crippen molar-refractivity contribution in [3.05, 3.63) is 166 Å². The van der Waals surface area contributed by atoms with E-state index in [1.807, 2.05) is 43.3 Å². The molecule has 3 fully saturated rings. The van der Waals surface area contributed by atoms with Gasteiger partial charge in [0.05, 0.1) is 33.9 Å². The number of hydrogen-bond donors (Lipinski definition) is 3. The van der Waals surface area contributed by atoms with Crippen molar-refractivity contribution in [3.63, 3.8) is 0 Å². The molecular weight excluding hydrogens is 1350 g/mol. The number of esters is 1. The first-order chi connectivity index (χ1) is 47.8. The zero-order valence-corrected chi connectivity index (χ0v) is 55.7. The summed E-state index contributed by atoms with van der Waals surface area (Å²) in [5.74, 6) is -2.05. The van der Waals surface area contributed by atoms with Crippen molar-refractivity contribution in [2.45, 2.75) is 171 Å². The second kappa shape index (κ2) is 31.9. The highest BCUT2D eigenvalue weighted by Gasteiger charge is 2.40. The summed E-state index contributed by atoms with van der Waals surface area (Å²) in [6.45, 7) is 8.70. The van der Waals surface area contributed by atoms with Crippen LogP contribution in [0.1, 0.15) is 164 Å². The van der Waals surface area contributed by atoms with Crippen molar-refractivity contribution in [1.29, 1.82) is 0 Å². The molecule has 0 radical (unpaired) electrons. The van der Waals surface area contributed by atoms with Gasteiger partial charge >= 0.3 is 37.0 Å². The van der Waals surface area contributed by atoms with Crippen LogP contribution in [0.3, 0.4) is 0 Å². The molecule has 0 spiro atoms. The summed E-state index contributed by atoms with van der Waals surface area (Å²) < 4.78 is 160. The van der Waals surface area contributed by atoms with Crippen LogP contribution in [0.15, 0.2) is 121 Å². The van der Waals surface area contributed by atoms with Crippen LogP contribution in [-0.4, -0.2) is 132 Å². The number of benzene rings is 5. The molecule has 0 aliphatic heterocycles. The number of alkyl halides is 9. The first-order valence-electron chi connectivity index (χ1n) is 32.1. The predicted octanol–water partition coefficient (Wildman–Crippen LogP) is 14.6. The molecular formula is C69H74F9N9O14. The molecule has 11 rings (SSSR count). The highest BCUT2D eigenvalue weighted by atomic mass is 19.4. The highest BCUT2D eigenvalue weighted by molar-refractivity contribution is 5.89. The van der Waals surface area contributed by atoms with Crippen LogP contribution in [0.25, 0.3) is 0 Å². The van der Waals surface area contributed by atoms with Gasteiger partial charge in [0.15, 0.2) is 0 Å². The molecule has 5 aromatic carbocycles. The lowest BCUT2D eigenvalue weighted by Gasteiger charge is -2.37. The van der Waals surface area contributed by atoms with Crippen molar-refractivity contribution in [2.24, 2.45) is 0 Å². The number of rotatable bonds is 22. The number of aromatic nitrogens is 9. The third-order valence-electron chi connectivity index (χ3n) is 18.1. The van der Waals surface area contributed by atoms with Gasteiger partial charge in [0.1, 0.15) is 47.1 Å². The molecule has 101 heavy (non-hydrogen) atoms. The van der Waals surface area contributed by atoms with Gasteiger partial charge in [-0.15, -0.1) is 49.7 Å². The molecule has 542 valence electrons. The van der Waals surface area contributed by atoms with Gasteiger partial charge in [-0.3, -0.25) is 0 Å². The molecule has 0 saturated heterocycles. The van der Waals surface area contributed by atoms with E-state index in [9.17, 15) is 59.0 Å². The molecule has 0 amide bonds. The summed E-state index contributed by atoms with van der Waals surface area (Å²) in [5.41, 5.74) is 3.43. The third kappa shape index (κ3) is 20.4. The van der Waals surface area contributed by atoms with Crippen LogP contribution < -0.4 is 37.9 Å². The predicted molar refractivity (Wildman–Crippen MR) is 341 cm³/mol. The largest absolute Gasteiger partial charge is 0.573 e. The number of carbonyl (C=O) groups excluding carboxylic acids is 1. The van der Waals surface area contributed by atoms with E-state index in [0.29, 0.717) is 63.7 Å². The fourth-order valence-electron chi connectivity index (χ4n) is 12.3. The number of nitrogens with one attached hydrogen (secondary N) is 1. The van der Waals surface area contributed by atoms with Crippen molar-refractivity contribution in [3.8, 4) is 46.4 Å². The van der Waals surface area contributed by atoms with Crippen LogP contribution in [0.2, 0.25) is 0 Å². The van der Waals surface area contributed by atoms with Gasteiger partial charge in [0.25, 0.3) is 5.88 Å². The summed E-state index contributed by atoms with van der Waals surface area (Å²) in [6, 6.07) is 32.6. The number of methoxy groups -OCH3 is 2. The summed E-state index contributed by atoms with van der Waals surface area (Å²) in [5, 5.41) is 44.0. The van der Waals surface area contributed by atoms with E-state index in [1.54, 1.807) is 74.4 Å². The maximum absolute atomic E-state index is 12.5. The van der Waals surface area contributed by atoms with E-state index in [0.717, 1.165) is 59.3 Å². The minimum atomic E-state index is -4.73. The number of halogens is 9. The smallest absolute Gasteiger partial charge is 0.497 e. The van der Waals surface area contributed by atoms with Crippen LogP contribution in [0.5, 0.6) is 46.4 Å². The normalized spacial score (nSPS) is 20.7. The molecule has 3 aromatic heterocycles. The Morgan fingerprint density at radius 1 is 0.475 bits per heavy atom. The second-order valence-corrected chi connectivity index (χ2v) is 25.2. The summed E-state index contributed by atoms with van der Waals surface area (Å²) in [7, 11) is 3.17. The fourth-order valence-corrected chi connectivity index (χ4v) is 12.3. The maximum atomic E-state index is 12.5. The van der Waals surface area contributed by atoms with Gasteiger partial charge in [-0.2, -0.15) is 0 Å². The molecule has 3 N–H and O–H groups in total. The zero-order valence-electron chi connectivity index (χ0n) is 55.7. The minimum absolute atomic E-state index is 0.0222. The summed E-state index contributed by atoms with van der Waals surface area (Å²) in [6.07, 6.45) is -6.53. The SMILES string of the molecule is CC1(c2ccc(OC(F)(F)F)cc2)CCC(Oc2nn[nH]c2C(=O)O)CC1.CCOC(=O)c1nnn(Cc2ccc(OC)cc2)c1OC1CCC(C)(c2ccc(OC(F)(F)F)cc2)CC1.COc1ccc(Cn2nnc(C(=O)O)c2OC2CCC(C)(c3ccc(OC(F)(F)F)cc3)CC2)cc1. The lowest BCUT2D eigenvalue weighted by molar-refractivity contribution is -0.275. The molecule has 3 aliphatic rings. The van der Waals surface area contributed by atoms with Crippen LogP contribution in [-0.2, 0) is 34.1 Å². The molecule has 3 saturated carbocycles. The number of H-pyrrole nitrogens is 1. The minimum Gasteiger partial charge on any atom is -0.497 e. The Morgan fingerprint density at radius 2 is 0.802 bits per heavy atom. The van der Waals surface area contributed by atoms with E-state index < -0.39 is 37.0 Å². The average Bonchev–Trinajstić information content (AvgIpc) is 1.80. The molecule has 3 aliphatic carbocycles. The van der Waals surface area contributed by atoms with Crippen LogP contribution in [0.4, 0.5) is 39.5 Å². The van der Waals surface area contributed by atoms with Gasteiger partial charge in [-0.25, -0.2) is 28.8 Å². The Labute approximate surface area is 573 Å². The van der Waals surface area contributed by atoms with Gasteiger partial charge < -0.3 is 52.8 Å². The number of nitrogens with zero attached hydrogens (tertiary/aromatic N) is 8. The van der Waals surface area contributed by atoms with Crippen LogP contribution >= 0.6 is 0 Å². The lowest BCUT2D eigenvalue weighted by atomic mass is 9.70. The third-order valence-corrected chi connectivity index (χ3v) is 18.1. The molecule has 0 bridgehead atoms. The summed E-state index contributed by atoms with van der Waals surface area (Å²) >= 11 is 0. The number of ether oxygens (including phenoxy) is 9. The Hall–Kier alpha value is -10.3. The Bertz CT molecular complexity index is 4010. The van der Waals surface area contributed by atoms with Crippen molar-refractivity contribution < 1.29 is 107 Å². The Morgan fingerprint density at radius 3 is 1.12 bits per heavy atom. The lowest BCUT2D eigenvalue weighted by Crippen LogP contribution is -2.34. The Balaban J connectivity index is 0.000000179. The van der Waals surface area contributed by atoms with Crippen molar-refractivity contribution in [2.75, 3.05) is 20.8 Å². The van der Waals surface area contributed by atoms with Gasteiger partial charge in [-0.05, 0) is 189 Å². The topological polar surface area (TPSA) is 278 Å². The van der Waals surface area contributed by atoms with Crippen molar-refractivity contribution >= 4 is 17.9 Å². The second-order valence-electron chi connectivity index (χ2n) is 25.2. The number of aromatic carboxylic acids is 2. The highest BCUT2D eigenvalue weighted by Crippen LogP contribution is 2.45. The number of carboxylic acids is 2. The molecule has 3 heterocycles. The molecule has 0 unspecified atom stereocenters. The van der Waals surface area contributed by atoms with Gasteiger partial charge in [0, 0.05) is 0 Å². The standard InChI is InChI=1S/C27H30F3N3O5.C25H26F3N3O5.C17H18F3N3O4/c1-4-36-25(34)23-24(33(32-31-23)17-18-5-9-20(35-3)10-6-18)37-21-13-15-26(2,16-14-21)19-7-11-22(12-8-19)38-27(28,29)30;1-24(17-5-9-20(10-6-17)36-25(26,27)28)13-11-19(12-14-24)35-22-21(23(32)33)29-30-31(22)15-16-3-7-18(34-2)8-4-16;1-16(10-2-4-12(5-3-10)27-17(18,19)20)8-6-11(7-9-16)26-14-13(15(24)25)21-23-22-14/h5-12,21H,4,13-17H2,1-3H3;3-10,19H,11-15H2,1-2H3,(H,32,33);2-5,11H,6-9H2,1H3,(H,24,25)(H,21,22,23).